The first-order chi connectivity index (χ1) is 10.2. The lowest BCUT2D eigenvalue weighted by Crippen LogP contribution is -2.45. The molecule has 22 heavy (non-hydrogen) atoms. The zero-order valence-corrected chi connectivity index (χ0v) is 13.8. The summed E-state index contributed by atoms with van der Waals surface area (Å²) in [5.41, 5.74) is 0.401. The third-order valence-electron chi connectivity index (χ3n) is 3.81. The summed E-state index contributed by atoms with van der Waals surface area (Å²) in [5.74, 6) is -0.605. The summed E-state index contributed by atoms with van der Waals surface area (Å²) in [6, 6.07) is 3.44. The molecule has 1 unspecified atom stereocenters. The summed E-state index contributed by atoms with van der Waals surface area (Å²) in [6.45, 7) is 5.30. The normalized spacial score (nSPS) is 19.0. The molecule has 0 saturated carbocycles. The maximum atomic E-state index is 13.7. The van der Waals surface area contributed by atoms with E-state index < -0.39 is 15.8 Å². The highest BCUT2D eigenvalue weighted by Crippen LogP contribution is 2.22. The Morgan fingerprint density at radius 1 is 1.41 bits per heavy atom. The van der Waals surface area contributed by atoms with Gasteiger partial charge in [0.25, 0.3) is 0 Å². The topological polar surface area (TPSA) is 66.5 Å². The third-order valence-corrected chi connectivity index (χ3v) is 5.85. The maximum absolute atomic E-state index is 13.7. The molecule has 1 amide bonds. The summed E-state index contributed by atoms with van der Waals surface area (Å²) >= 11 is 0. The van der Waals surface area contributed by atoms with Crippen molar-refractivity contribution < 1.29 is 17.6 Å². The Bertz CT molecular complexity index is 673. The Morgan fingerprint density at radius 2 is 2.09 bits per heavy atom. The van der Waals surface area contributed by atoms with Crippen molar-refractivity contribution in [3.05, 3.63) is 29.6 Å². The average molecular weight is 328 g/mol. The van der Waals surface area contributed by atoms with Gasteiger partial charge in [-0.05, 0) is 44.9 Å². The summed E-state index contributed by atoms with van der Waals surface area (Å²) in [7, 11) is -3.80. The van der Waals surface area contributed by atoms with Gasteiger partial charge in [-0.2, -0.15) is 4.31 Å². The number of benzene rings is 1. The van der Waals surface area contributed by atoms with Gasteiger partial charge in [-0.1, -0.05) is 6.07 Å². The van der Waals surface area contributed by atoms with E-state index in [1.807, 2.05) is 0 Å². The van der Waals surface area contributed by atoms with Gasteiger partial charge in [0.1, 0.15) is 5.82 Å². The number of halogens is 1. The molecule has 122 valence electrons. The number of amides is 1. The Kier molecular flexibility index (Phi) is 4.87. The lowest BCUT2D eigenvalue weighted by Gasteiger charge is -2.28. The molecule has 1 fully saturated rings. The number of rotatable bonds is 5. The highest BCUT2D eigenvalue weighted by molar-refractivity contribution is 7.89. The van der Waals surface area contributed by atoms with Crippen molar-refractivity contribution in [2.45, 2.75) is 50.6 Å². The number of hydrogen-bond donors (Lipinski definition) is 1. The lowest BCUT2D eigenvalue weighted by molar-refractivity contribution is -0.119. The number of sulfonamides is 1. The number of nitrogens with one attached hydrogen (secondary N) is 1. The molecule has 1 aliphatic rings. The van der Waals surface area contributed by atoms with Gasteiger partial charge in [-0.15, -0.1) is 0 Å². The van der Waals surface area contributed by atoms with E-state index in [1.54, 1.807) is 20.8 Å². The quantitative estimate of drug-likeness (QED) is 0.896. The lowest BCUT2D eigenvalue weighted by atomic mass is 10.2. The summed E-state index contributed by atoms with van der Waals surface area (Å²) in [4.78, 5) is 11.2. The van der Waals surface area contributed by atoms with Crippen LogP contribution in [0.25, 0.3) is 0 Å². The minimum atomic E-state index is -3.80. The maximum Gasteiger partial charge on any atom is 0.243 e. The van der Waals surface area contributed by atoms with Gasteiger partial charge in [0, 0.05) is 25.0 Å². The number of carbonyl (C=O) groups excluding carboxylic acids is 1. The molecule has 0 aliphatic carbocycles. The fraction of sp³-hybridized carbons (Fsp3) is 0.533. The molecule has 1 saturated heterocycles. The molecule has 1 aromatic rings. The highest BCUT2D eigenvalue weighted by atomic mass is 32.2. The molecular weight excluding hydrogens is 307 g/mol. The molecule has 1 aromatic carbocycles. The second-order valence-corrected chi connectivity index (χ2v) is 7.77. The molecule has 0 bridgehead atoms. The molecule has 0 spiro atoms. The molecule has 1 heterocycles. The van der Waals surface area contributed by atoms with Crippen LogP contribution in [0.15, 0.2) is 23.1 Å². The van der Waals surface area contributed by atoms with Gasteiger partial charge in [0.05, 0.1) is 4.90 Å². The zero-order valence-electron chi connectivity index (χ0n) is 13.0. The minimum Gasteiger partial charge on any atom is -0.352 e. The molecule has 7 heteroatoms. The third kappa shape index (κ3) is 3.47. The van der Waals surface area contributed by atoms with Gasteiger partial charge in [0.15, 0.2) is 0 Å². The second-order valence-electron chi connectivity index (χ2n) is 5.88. The SMILES string of the molecule is Cc1ccc(S(=O)(=O)N(CC2CCC(=O)N2)C(C)C)cc1F. The van der Waals surface area contributed by atoms with Crippen LogP contribution in [0, 0.1) is 12.7 Å². The van der Waals surface area contributed by atoms with Crippen molar-refractivity contribution in [3.8, 4) is 0 Å². The fourth-order valence-electron chi connectivity index (χ4n) is 2.49. The first-order valence-corrected chi connectivity index (χ1v) is 8.73. The first kappa shape index (κ1) is 16.9. The van der Waals surface area contributed by atoms with Crippen molar-refractivity contribution >= 4 is 15.9 Å². The van der Waals surface area contributed by atoms with Crippen molar-refractivity contribution in [1.29, 1.82) is 0 Å². The van der Waals surface area contributed by atoms with Crippen molar-refractivity contribution in [1.82, 2.24) is 9.62 Å². The van der Waals surface area contributed by atoms with Crippen molar-refractivity contribution in [2.24, 2.45) is 0 Å². The Labute approximate surface area is 130 Å². The summed E-state index contributed by atoms with van der Waals surface area (Å²) in [6.07, 6.45) is 1.02. The molecule has 2 rings (SSSR count). The zero-order chi connectivity index (χ0) is 16.5. The van der Waals surface area contributed by atoms with E-state index in [0.717, 1.165) is 6.07 Å². The highest BCUT2D eigenvalue weighted by Gasteiger charge is 2.32. The molecular formula is C15H21FN2O3S. The van der Waals surface area contributed by atoms with Crippen LogP contribution in [0.2, 0.25) is 0 Å². The van der Waals surface area contributed by atoms with Gasteiger partial charge in [-0.25, -0.2) is 12.8 Å². The van der Waals surface area contributed by atoms with E-state index in [9.17, 15) is 17.6 Å². The molecule has 0 aromatic heterocycles. The van der Waals surface area contributed by atoms with Gasteiger partial charge >= 0.3 is 0 Å². The number of carbonyl (C=O) groups is 1. The van der Waals surface area contributed by atoms with Gasteiger partial charge in [-0.3, -0.25) is 4.79 Å². The van der Waals surface area contributed by atoms with E-state index >= 15 is 0 Å². The molecule has 1 N–H and O–H groups in total. The van der Waals surface area contributed by atoms with E-state index in [4.69, 9.17) is 0 Å². The van der Waals surface area contributed by atoms with Crippen LogP contribution in [-0.2, 0) is 14.8 Å². The van der Waals surface area contributed by atoms with E-state index in [0.29, 0.717) is 18.4 Å². The van der Waals surface area contributed by atoms with Gasteiger partial charge in [0.2, 0.25) is 15.9 Å². The number of nitrogens with zero attached hydrogens (tertiary/aromatic N) is 1. The molecule has 1 aliphatic heterocycles. The Morgan fingerprint density at radius 3 is 2.59 bits per heavy atom. The number of aryl methyl sites for hydroxylation is 1. The molecule has 1 atom stereocenters. The predicted octanol–water partition coefficient (Wildman–Crippen LogP) is 1.81. The van der Waals surface area contributed by atoms with Crippen LogP contribution in [0.3, 0.4) is 0 Å². The predicted molar refractivity (Wildman–Crippen MR) is 81.3 cm³/mol. The monoisotopic (exact) mass is 328 g/mol. The number of hydrogen-bond acceptors (Lipinski definition) is 3. The fourth-order valence-corrected chi connectivity index (χ4v) is 4.18. The van der Waals surface area contributed by atoms with E-state index in [-0.39, 0.29) is 29.4 Å². The summed E-state index contributed by atoms with van der Waals surface area (Å²) < 4.78 is 40.5. The van der Waals surface area contributed by atoms with Crippen LogP contribution in [0.1, 0.15) is 32.3 Å². The average Bonchev–Trinajstić information content (AvgIpc) is 2.84. The van der Waals surface area contributed by atoms with Crippen LogP contribution in [0.5, 0.6) is 0 Å². The van der Waals surface area contributed by atoms with Crippen LogP contribution in [0.4, 0.5) is 4.39 Å². The second kappa shape index (κ2) is 6.34. The van der Waals surface area contributed by atoms with Crippen LogP contribution in [-0.4, -0.2) is 37.3 Å². The minimum absolute atomic E-state index is 0.0615. The van der Waals surface area contributed by atoms with Crippen molar-refractivity contribution in [3.63, 3.8) is 0 Å². The Hall–Kier alpha value is -1.47. The Balaban J connectivity index is 2.29. The van der Waals surface area contributed by atoms with Gasteiger partial charge < -0.3 is 5.32 Å². The smallest absolute Gasteiger partial charge is 0.243 e. The van der Waals surface area contributed by atoms with Crippen LogP contribution >= 0.6 is 0 Å². The molecule has 5 nitrogen and oxygen atoms in total. The standard InChI is InChI=1S/C15H21FN2O3S/c1-10(2)18(9-12-5-7-15(19)17-12)22(20,21)13-6-4-11(3)14(16)8-13/h4,6,8,10,12H,5,7,9H2,1-3H3,(H,17,19). The van der Waals surface area contributed by atoms with Crippen molar-refractivity contribution in [2.75, 3.05) is 6.54 Å². The molecule has 0 radical (unpaired) electrons. The van der Waals surface area contributed by atoms with E-state index in [1.165, 1.54) is 16.4 Å². The van der Waals surface area contributed by atoms with Crippen LogP contribution < -0.4 is 5.32 Å². The summed E-state index contributed by atoms with van der Waals surface area (Å²) in [5, 5.41) is 2.76. The van der Waals surface area contributed by atoms with E-state index in [2.05, 4.69) is 5.32 Å². The first-order valence-electron chi connectivity index (χ1n) is 7.29. The largest absolute Gasteiger partial charge is 0.352 e.